The minimum atomic E-state index is -0.523. The van der Waals surface area contributed by atoms with Crippen LogP contribution >= 0.6 is 0 Å². The molecule has 3 atom stereocenters. The van der Waals surface area contributed by atoms with Crippen molar-refractivity contribution in [1.29, 1.82) is 0 Å². The number of likely N-dealkylation sites (N-methyl/N-ethyl adjacent to an activating group) is 1. The zero-order chi connectivity index (χ0) is 15.8. The number of hydrogen-bond acceptors (Lipinski definition) is 5. The molecule has 0 saturated heterocycles. The molecule has 120 valence electrons. The smallest absolute Gasteiger partial charge is 0.118 e. The fraction of sp³-hybridized carbons (Fsp3) is 0.625. The second-order valence-corrected chi connectivity index (χ2v) is 5.34. The van der Waals surface area contributed by atoms with E-state index < -0.39 is 6.10 Å². The Bertz CT molecular complexity index is 397. The molecule has 5 heteroatoms. The largest absolute Gasteiger partial charge is 0.497 e. The Hall–Kier alpha value is -1.14. The van der Waals surface area contributed by atoms with Crippen molar-refractivity contribution in [2.75, 3.05) is 34.4 Å². The lowest BCUT2D eigenvalue weighted by Crippen LogP contribution is -2.42. The summed E-state index contributed by atoms with van der Waals surface area (Å²) in [6.45, 7) is 2.90. The van der Waals surface area contributed by atoms with Crippen LogP contribution < -0.4 is 10.5 Å². The Balaban J connectivity index is 2.88. The van der Waals surface area contributed by atoms with Gasteiger partial charge in [0.05, 0.1) is 19.8 Å². The van der Waals surface area contributed by atoms with Gasteiger partial charge >= 0.3 is 0 Å². The predicted octanol–water partition coefficient (Wildman–Crippen LogP) is 1.41. The molecular formula is C16H28N2O3. The number of aliphatic hydroxyl groups excluding tert-OH is 1. The highest BCUT2D eigenvalue weighted by Crippen LogP contribution is 2.26. The van der Waals surface area contributed by atoms with Crippen molar-refractivity contribution in [1.82, 2.24) is 4.90 Å². The average molecular weight is 296 g/mol. The molecule has 0 fully saturated rings. The van der Waals surface area contributed by atoms with Gasteiger partial charge in [-0.05, 0) is 31.2 Å². The van der Waals surface area contributed by atoms with E-state index in [0.29, 0.717) is 13.2 Å². The van der Waals surface area contributed by atoms with E-state index in [1.54, 1.807) is 14.2 Å². The standard InChI is InChI=1S/C16H28N2O3/c1-5-15(17)16(18(2)10-13(19)11-20-3)12-6-8-14(21-4)9-7-12/h6-9,13,15-16,19H,5,10-11,17H2,1-4H3. The molecule has 1 rings (SSSR count). The van der Waals surface area contributed by atoms with Crippen LogP contribution in [-0.4, -0.2) is 56.6 Å². The summed E-state index contributed by atoms with van der Waals surface area (Å²) in [5, 5.41) is 9.92. The van der Waals surface area contributed by atoms with Crippen LogP contribution in [0.2, 0.25) is 0 Å². The molecule has 0 amide bonds. The van der Waals surface area contributed by atoms with E-state index in [1.165, 1.54) is 0 Å². The average Bonchev–Trinajstić information content (AvgIpc) is 2.48. The molecular weight excluding hydrogens is 268 g/mol. The van der Waals surface area contributed by atoms with Gasteiger partial charge < -0.3 is 20.3 Å². The molecule has 0 aliphatic heterocycles. The van der Waals surface area contributed by atoms with Gasteiger partial charge in [-0.25, -0.2) is 0 Å². The third kappa shape index (κ3) is 5.28. The topological polar surface area (TPSA) is 68.0 Å². The summed E-state index contributed by atoms with van der Waals surface area (Å²) in [5.74, 6) is 0.824. The molecule has 0 bridgehead atoms. The highest BCUT2D eigenvalue weighted by atomic mass is 16.5. The highest BCUT2D eigenvalue weighted by Gasteiger charge is 2.24. The van der Waals surface area contributed by atoms with E-state index in [9.17, 15) is 5.11 Å². The Kier molecular flexibility index (Phi) is 7.67. The van der Waals surface area contributed by atoms with Crippen molar-refractivity contribution >= 4 is 0 Å². The maximum Gasteiger partial charge on any atom is 0.118 e. The van der Waals surface area contributed by atoms with Crippen LogP contribution in [0, 0.1) is 0 Å². The first-order valence-corrected chi connectivity index (χ1v) is 7.30. The van der Waals surface area contributed by atoms with Crippen molar-refractivity contribution in [3.8, 4) is 5.75 Å². The lowest BCUT2D eigenvalue weighted by molar-refractivity contribution is 0.0309. The van der Waals surface area contributed by atoms with E-state index in [1.807, 2.05) is 31.3 Å². The third-order valence-electron chi connectivity index (χ3n) is 3.67. The van der Waals surface area contributed by atoms with Gasteiger partial charge in [0.15, 0.2) is 0 Å². The van der Waals surface area contributed by atoms with Gasteiger partial charge in [0, 0.05) is 25.7 Å². The van der Waals surface area contributed by atoms with E-state index in [4.69, 9.17) is 15.2 Å². The second-order valence-electron chi connectivity index (χ2n) is 5.34. The van der Waals surface area contributed by atoms with Gasteiger partial charge in [0.25, 0.3) is 0 Å². The fourth-order valence-corrected chi connectivity index (χ4v) is 2.54. The molecule has 0 aliphatic carbocycles. The normalized spacial score (nSPS) is 15.8. The summed E-state index contributed by atoms with van der Waals surface area (Å²) >= 11 is 0. The summed E-state index contributed by atoms with van der Waals surface area (Å²) in [4.78, 5) is 2.08. The summed E-state index contributed by atoms with van der Waals surface area (Å²) in [6, 6.07) is 7.97. The van der Waals surface area contributed by atoms with Crippen LogP contribution in [0.5, 0.6) is 5.75 Å². The second kappa shape index (κ2) is 9.00. The molecule has 21 heavy (non-hydrogen) atoms. The van der Waals surface area contributed by atoms with E-state index in [2.05, 4.69) is 11.8 Å². The van der Waals surface area contributed by atoms with Crippen molar-refractivity contribution < 1.29 is 14.6 Å². The molecule has 0 aromatic heterocycles. The quantitative estimate of drug-likeness (QED) is 0.721. The molecule has 1 aromatic rings. The van der Waals surface area contributed by atoms with E-state index in [0.717, 1.165) is 17.7 Å². The zero-order valence-electron chi connectivity index (χ0n) is 13.5. The monoisotopic (exact) mass is 296 g/mol. The first kappa shape index (κ1) is 17.9. The maximum atomic E-state index is 9.92. The summed E-state index contributed by atoms with van der Waals surface area (Å²) in [7, 11) is 5.21. The first-order chi connectivity index (χ1) is 10.0. The zero-order valence-corrected chi connectivity index (χ0v) is 13.5. The first-order valence-electron chi connectivity index (χ1n) is 7.30. The minimum absolute atomic E-state index is 0.00172. The Morgan fingerprint density at radius 2 is 1.86 bits per heavy atom. The van der Waals surface area contributed by atoms with Crippen LogP contribution in [0.4, 0.5) is 0 Å². The molecule has 1 aromatic carbocycles. The van der Waals surface area contributed by atoms with E-state index in [-0.39, 0.29) is 12.1 Å². The van der Waals surface area contributed by atoms with Crippen LogP contribution in [0.15, 0.2) is 24.3 Å². The van der Waals surface area contributed by atoms with E-state index >= 15 is 0 Å². The van der Waals surface area contributed by atoms with Crippen molar-refractivity contribution in [2.24, 2.45) is 5.73 Å². The lowest BCUT2D eigenvalue weighted by Gasteiger charge is -2.34. The molecule has 3 unspecified atom stereocenters. The van der Waals surface area contributed by atoms with Crippen molar-refractivity contribution in [2.45, 2.75) is 31.5 Å². The fourth-order valence-electron chi connectivity index (χ4n) is 2.54. The van der Waals surface area contributed by atoms with Crippen LogP contribution in [0.3, 0.4) is 0 Å². The number of rotatable bonds is 9. The Labute approximate surface area is 127 Å². The van der Waals surface area contributed by atoms with Gasteiger partial charge in [-0.3, -0.25) is 4.90 Å². The number of methoxy groups -OCH3 is 2. The third-order valence-corrected chi connectivity index (χ3v) is 3.67. The molecule has 0 heterocycles. The molecule has 0 spiro atoms. The van der Waals surface area contributed by atoms with Gasteiger partial charge in [-0.1, -0.05) is 19.1 Å². The molecule has 0 radical (unpaired) electrons. The molecule has 5 nitrogen and oxygen atoms in total. The number of nitrogens with zero attached hydrogens (tertiary/aromatic N) is 1. The minimum Gasteiger partial charge on any atom is -0.497 e. The van der Waals surface area contributed by atoms with Gasteiger partial charge in [-0.15, -0.1) is 0 Å². The van der Waals surface area contributed by atoms with Gasteiger partial charge in [0.2, 0.25) is 0 Å². The number of hydrogen-bond donors (Lipinski definition) is 2. The summed E-state index contributed by atoms with van der Waals surface area (Å²) < 4.78 is 10.2. The van der Waals surface area contributed by atoms with Crippen molar-refractivity contribution in [3.05, 3.63) is 29.8 Å². The van der Waals surface area contributed by atoms with Crippen LogP contribution in [0.1, 0.15) is 24.9 Å². The van der Waals surface area contributed by atoms with Crippen molar-refractivity contribution in [3.63, 3.8) is 0 Å². The van der Waals surface area contributed by atoms with Gasteiger partial charge in [0.1, 0.15) is 5.75 Å². The predicted molar refractivity (Wildman–Crippen MR) is 84.5 cm³/mol. The Morgan fingerprint density at radius 1 is 1.24 bits per heavy atom. The highest BCUT2D eigenvalue weighted by molar-refractivity contribution is 5.30. The Morgan fingerprint density at radius 3 is 2.33 bits per heavy atom. The van der Waals surface area contributed by atoms with Crippen LogP contribution in [-0.2, 0) is 4.74 Å². The van der Waals surface area contributed by atoms with Crippen LogP contribution in [0.25, 0.3) is 0 Å². The maximum absolute atomic E-state index is 9.92. The summed E-state index contributed by atoms with van der Waals surface area (Å²) in [6.07, 6.45) is 0.339. The number of ether oxygens (including phenoxy) is 2. The summed E-state index contributed by atoms with van der Waals surface area (Å²) in [5.41, 5.74) is 7.41. The molecule has 0 aliphatic rings. The number of nitrogens with two attached hydrogens (primary N) is 1. The number of benzene rings is 1. The van der Waals surface area contributed by atoms with Gasteiger partial charge in [-0.2, -0.15) is 0 Å². The SMILES string of the molecule is CCC(N)C(c1ccc(OC)cc1)N(C)CC(O)COC. The number of aliphatic hydroxyl groups is 1. The molecule has 0 saturated carbocycles. The molecule has 3 N–H and O–H groups in total. The lowest BCUT2D eigenvalue weighted by atomic mass is 9.96.